The first-order chi connectivity index (χ1) is 13.1. The van der Waals surface area contributed by atoms with E-state index < -0.39 is 11.6 Å². The number of hydrogen-bond donors (Lipinski definition) is 0. The third kappa shape index (κ3) is 3.35. The number of aromatic nitrogens is 2. The Bertz CT molecular complexity index is 1000. The number of carbonyl (C=O) groups excluding carboxylic acids is 2. The van der Waals surface area contributed by atoms with Crippen molar-refractivity contribution in [2.24, 2.45) is 0 Å². The minimum absolute atomic E-state index is 0.0620. The van der Waals surface area contributed by atoms with Crippen molar-refractivity contribution in [3.8, 4) is 0 Å². The number of halogens is 1. The number of rotatable bonds is 3. The summed E-state index contributed by atoms with van der Waals surface area (Å²) < 4.78 is 16.3. The van der Waals surface area contributed by atoms with Crippen LogP contribution >= 0.6 is 0 Å². The highest BCUT2D eigenvalue weighted by Gasteiger charge is 2.22. The first-order valence-electron chi connectivity index (χ1n) is 9.21. The molecule has 0 radical (unpaired) electrons. The van der Waals surface area contributed by atoms with Crippen LogP contribution in [0.15, 0.2) is 48.8 Å². The zero-order valence-corrected chi connectivity index (χ0v) is 14.9. The minimum atomic E-state index is -0.688. The van der Waals surface area contributed by atoms with Crippen LogP contribution in [0.3, 0.4) is 0 Å². The quantitative estimate of drug-likeness (QED) is 0.665. The molecule has 3 aromatic rings. The first kappa shape index (κ1) is 17.4. The van der Waals surface area contributed by atoms with Crippen LogP contribution in [-0.4, -0.2) is 39.1 Å². The molecule has 138 valence electrons. The van der Waals surface area contributed by atoms with Gasteiger partial charge in [-0.3, -0.25) is 14.0 Å². The average Bonchev–Trinajstić information content (AvgIpc) is 2.92. The monoisotopic (exact) mass is 365 g/mol. The zero-order valence-electron chi connectivity index (χ0n) is 14.9. The summed E-state index contributed by atoms with van der Waals surface area (Å²) in [6, 6.07) is 9.47. The van der Waals surface area contributed by atoms with Crippen LogP contribution in [0.1, 0.15) is 52.1 Å². The lowest BCUT2D eigenvalue weighted by atomic mass is 10.0. The molecule has 1 fully saturated rings. The highest BCUT2D eigenvalue weighted by atomic mass is 19.1. The van der Waals surface area contributed by atoms with Crippen LogP contribution in [0.2, 0.25) is 0 Å². The number of pyridine rings is 1. The largest absolute Gasteiger partial charge is 0.339 e. The predicted molar refractivity (Wildman–Crippen MR) is 99.4 cm³/mol. The highest BCUT2D eigenvalue weighted by Crippen LogP contribution is 2.19. The van der Waals surface area contributed by atoms with Crippen molar-refractivity contribution in [1.29, 1.82) is 0 Å². The van der Waals surface area contributed by atoms with E-state index in [1.54, 1.807) is 27.6 Å². The Hall–Kier alpha value is -3.02. The van der Waals surface area contributed by atoms with Gasteiger partial charge in [0.2, 0.25) is 5.78 Å². The molecule has 1 aliphatic rings. The Morgan fingerprint density at radius 3 is 2.52 bits per heavy atom. The number of carbonyl (C=O) groups is 2. The van der Waals surface area contributed by atoms with Crippen molar-refractivity contribution < 1.29 is 14.0 Å². The number of fused-ring (bicyclic) bond motifs is 1. The number of benzene rings is 1. The van der Waals surface area contributed by atoms with Crippen LogP contribution in [0.4, 0.5) is 4.39 Å². The molecule has 0 atom stereocenters. The van der Waals surface area contributed by atoms with Crippen LogP contribution in [0, 0.1) is 5.82 Å². The third-order valence-corrected chi connectivity index (χ3v) is 5.00. The molecule has 0 unspecified atom stereocenters. The van der Waals surface area contributed by atoms with E-state index in [9.17, 15) is 14.0 Å². The first-order valence-corrected chi connectivity index (χ1v) is 9.21. The number of likely N-dealkylation sites (tertiary alicyclic amines) is 1. The predicted octanol–water partition coefficient (Wildman–Crippen LogP) is 3.72. The zero-order chi connectivity index (χ0) is 18.8. The lowest BCUT2D eigenvalue weighted by Gasteiger charge is -2.20. The molecule has 2 aromatic heterocycles. The molecule has 0 spiro atoms. The fraction of sp³-hybridized carbons (Fsp3) is 0.286. The lowest BCUT2D eigenvalue weighted by Crippen LogP contribution is -2.32. The molecule has 1 saturated heterocycles. The summed E-state index contributed by atoms with van der Waals surface area (Å²) in [4.78, 5) is 31.4. The summed E-state index contributed by atoms with van der Waals surface area (Å²) >= 11 is 0. The topological polar surface area (TPSA) is 54.7 Å². The molecular weight excluding hydrogens is 345 g/mol. The van der Waals surface area contributed by atoms with E-state index in [1.807, 2.05) is 6.07 Å². The SMILES string of the molecule is O=C(c1ccc(C(=O)N2CCCCCC2)cc1F)c1cnc2ccccn12. The molecule has 1 amide bonds. The van der Waals surface area contributed by atoms with Crippen molar-refractivity contribution in [1.82, 2.24) is 14.3 Å². The van der Waals surface area contributed by atoms with Crippen LogP contribution < -0.4 is 0 Å². The summed E-state index contributed by atoms with van der Waals surface area (Å²) in [7, 11) is 0. The van der Waals surface area contributed by atoms with Gasteiger partial charge in [0.15, 0.2) is 0 Å². The highest BCUT2D eigenvalue weighted by molar-refractivity contribution is 6.09. The molecule has 0 bridgehead atoms. The lowest BCUT2D eigenvalue weighted by molar-refractivity contribution is 0.0760. The normalized spacial score (nSPS) is 14.9. The van der Waals surface area contributed by atoms with Gasteiger partial charge in [0.1, 0.15) is 17.2 Å². The van der Waals surface area contributed by atoms with E-state index in [0.717, 1.165) is 25.7 Å². The van der Waals surface area contributed by atoms with Crippen molar-refractivity contribution >= 4 is 17.3 Å². The van der Waals surface area contributed by atoms with Gasteiger partial charge in [-0.15, -0.1) is 0 Å². The van der Waals surface area contributed by atoms with Gasteiger partial charge in [-0.2, -0.15) is 0 Å². The van der Waals surface area contributed by atoms with Crippen molar-refractivity contribution in [3.63, 3.8) is 0 Å². The van der Waals surface area contributed by atoms with Gasteiger partial charge in [0.05, 0.1) is 11.8 Å². The Labute approximate surface area is 156 Å². The van der Waals surface area contributed by atoms with Gasteiger partial charge >= 0.3 is 0 Å². The van der Waals surface area contributed by atoms with E-state index >= 15 is 0 Å². The van der Waals surface area contributed by atoms with E-state index in [1.165, 1.54) is 24.4 Å². The third-order valence-electron chi connectivity index (χ3n) is 5.00. The maximum atomic E-state index is 14.7. The average molecular weight is 365 g/mol. The summed E-state index contributed by atoms with van der Waals surface area (Å²) in [5.74, 6) is -1.32. The van der Waals surface area contributed by atoms with Crippen molar-refractivity contribution in [2.75, 3.05) is 13.1 Å². The second-order valence-corrected chi connectivity index (χ2v) is 6.80. The molecular formula is C21H20FN3O2. The second-order valence-electron chi connectivity index (χ2n) is 6.80. The van der Waals surface area contributed by atoms with E-state index in [-0.39, 0.29) is 22.7 Å². The fourth-order valence-corrected chi connectivity index (χ4v) is 3.53. The molecule has 0 saturated carbocycles. The van der Waals surface area contributed by atoms with E-state index in [0.29, 0.717) is 18.7 Å². The molecule has 27 heavy (non-hydrogen) atoms. The number of hydrogen-bond acceptors (Lipinski definition) is 3. The second kappa shape index (κ2) is 7.31. The summed E-state index contributed by atoms with van der Waals surface area (Å²) in [5.41, 5.74) is 1.13. The molecule has 1 aromatic carbocycles. The number of ketones is 1. The fourth-order valence-electron chi connectivity index (χ4n) is 3.53. The Kier molecular flexibility index (Phi) is 4.71. The van der Waals surface area contributed by atoms with Crippen LogP contribution in [0.25, 0.3) is 5.65 Å². The van der Waals surface area contributed by atoms with Crippen molar-refractivity contribution in [3.05, 3.63) is 71.4 Å². The van der Waals surface area contributed by atoms with E-state index in [4.69, 9.17) is 0 Å². The van der Waals surface area contributed by atoms with Crippen LogP contribution in [-0.2, 0) is 0 Å². The van der Waals surface area contributed by atoms with Gasteiger partial charge in [-0.05, 0) is 43.2 Å². The summed E-state index contributed by atoms with van der Waals surface area (Å²) in [5, 5.41) is 0. The number of imidazole rings is 1. The Balaban J connectivity index is 1.61. The van der Waals surface area contributed by atoms with Gasteiger partial charge in [0, 0.05) is 24.8 Å². The molecule has 1 aliphatic heterocycles. The molecule has 5 nitrogen and oxygen atoms in total. The number of nitrogens with zero attached hydrogens (tertiary/aromatic N) is 3. The Morgan fingerprint density at radius 2 is 1.78 bits per heavy atom. The smallest absolute Gasteiger partial charge is 0.253 e. The van der Waals surface area contributed by atoms with Gasteiger partial charge in [-0.1, -0.05) is 18.9 Å². The molecule has 6 heteroatoms. The van der Waals surface area contributed by atoms with Crippen molar-refractivity contribution in [2.45, 2.75) is 25.7 Å². The molecule has 0 aliphatic carbocycles. The standard InChI is InChI=1S/C21H20FN3O2/c22-17-13-15(21(27)24-10-4-1-2-5-11-24)8-9-16(17)20(26)18-14-23-19-7-3-6-12-25(18)19/h3,6-9,12-14H,1-2,4-5,10-11H2. The van der Waals surface area contributed by atoms with Gasteiger partial charge < -0.3 is 4.90 Å². The minimum Gasteiger partial charge on any atom is -0.339 e. The van der Waals surface area contributed by atoms with Gasteiger partial charge in [0.25, 0.3) is 5.91 Å². The molecule has 3 heterocycles. The van der Waals surface area contributed by atoms with Gasteiger partial charge in [-0.25, -0.2) is 9.37 Å². The Morgan fingerprint density at radius 1 is 1.00 bits per heavy atom. The summed E-state index contributed by atoms with van der Waals surface area (Å²) in [6.07, 6.45) is 7.33. The maximum Gasteiger partial charge on any atom is 0.253 e. The molecule has 0 N–H and O–H groups in total. The summed E-state index contributed by atoms with van der Waals surface area (Å²) in [6.45, 7) is 1.39. The van der Waals surface area contributed by atoms with Crippen LogP contribution in [0.5, 0.6) is 0 Å². The molecule has 4 rings (SSSR count). The maximum absolute atomic E-state index is 14.7. The number of amides is 1. The van der Waals surface area contributed by atoms with E-state index in [2.05, 4.69) is 4.98 Å².